The Morgan fingerprint density at radius 3 is 2.62 bits per heavy atom. The molecule has 0 aliphatic carbocycles. The van der Waals surface area contributed by atoms with E-state index in [0.29, 0.717) is 17.6 Å². The van der Waals surface area contributed by atoms with Gasteiger partial charge in [0.25, 0.3) is 0 Å². The van der Waals surface area contributed by atoms with E-state index >= 15 is 0 Å². The molecule has 0 unspecified atom stereocenters. The topological polar surface area (TPSA) is 77.8 Å². The highest BCUT2D eigenvalue weighted by Gasteiger charge is 2.05. The van der Waals surface area contributed by atoms with Crippen LogP contribution in [-0.2, 0) is 4.79 Å². The van der Waals surface area contributed by atoms with Crippen molar-refractivity contribution in [2.75, 3.05) is 11.1 Å². The van der Waals surface area contributed by atoms with Crippen molar-refractivity contribution in [3.8, 4) is 0 Å². The molecule has 0 aliphatic heterocycles. The highest BCUT2D eigenvalue weighted by Crippen LogP contribution is 2.22. The Bertz CT molecular complexity index is 943. The van der Waals surface area contributed by atoms with Crippen molar-refractivity contribution >= 4 is 34.4 Å². The standard InChI is InChI=1S/C18H19N3O2S/c1-11-3-5-14(9-12(11)2)24-8-7-17(22)19-13-4-6-15-16(10-13)21-18(23)20-15/h3-6,9-10H,7-8H2,1-2H3,(H,19,22)(H2,20,21,23). The SMILES string of the molecule is Cc1ccc(SCCC(=O)Nc2ccc3[nH]c(=O)[nH]c3c2)cc1C. The van der Waals surface area contributed by atoms with Gasteiger partial charge < -0.3 is 15.3 Å². The number of anilines is 1. The molecule has 0 bridgehead atoms. The molecule has 5 nitrogen and oxygen atoms in total. The minimum absolute atomic E-state index is 0.0384. The highest BCUT2D eigenvalue weighted by molar-refractivity contribution is 7.99. The number of fused-ring (bicyclic) bond motifs is 1. The molecule has 0 aliphatic rings. The second kappa shape index (κ2) is 6.97. The van der Waals surface area contributed by atoms with Gasteiger partial charge in [0.05, 0.1) is 11.0 Å². The predicted molar refractivity (Wildman–Crippen MR) is 98.8 cm³/mol. The van der Waals surface area contributed by atoms with Crippen molar-refractivity contribution in [3.05, 3.63) is 58.0 Å². The number of aryl methyl sites for hydroxylation is 2. The van der Waals surface area contributed by atoms with Crippen LogP contribution in [0.5, 0.6) is 0 Å². The second-order valence-corrected chi connectivity index (χ2v) is 6.90. The van der Waals surface area contributed by atoms with E-state index in [1.807, 2.05) is 0 Å². The molecule has 6 heteroatoms. The summed E-state index contributed by atoms with van der Waals surface area (Å²) in [4.78, 5) is 29.8. The van der Waals surface area contributed by atoms with Gasteiger partial charge in [-0.3, -0.25) is 4.79 Å². The Morgan fingerprint density at radius 1 is 1.04 bits per heavy atom. The lowest BCUT2D eigenvalue weighted by Gasteiger charge is -2.07. The molecule has 1 amide bonds. The maximum atomic E-state index is 12.1. The van der Waals surface area contributed by atoms with E-state index in [2.05, 4.69) is 47.3 Å². The highest BCUT2D eigenvalue weighted by atomic mass is 32.2. The van der Waals surface area contributed by atoms with Crippen molar-refractivity contribution in [2.45, 2.75) is 25.2 Å². The third kappa shape index (κ3) is 3.89. The van der Waals surface area contributed by atoms with Gasteiger partial charge in [0, 0.05) is 22.8 Å². The minimum atomic E-state index is -0.252. The van der Waals surface area contributed by atoms with Crippen LogP contribution in [-0.4, -0.2) is 21.6 Å². The molecule has 24 heavy (non-hydrogen) atoms. The number of nitrogens with one attached hydrogen (secondary N) is 3. The van der Waals surface area contributed by atoms with E-state index in [-0.39, 0.29) is 11.6 Å². The number of hydrogen-bond donors (Lipinski definition) is 3. The summed E-state index contributed by atoms with van der Waals surface area (Å²) in [7, 11) is 0. The average molecular weight is 341 g/mol. The number of benzene rings is 2. The van der Waals surface area contributed by atoms with Gasteiger partial charge in [0.15, 0.2) is 0 Å². The largest absolute Gasteiger partial charge is 0.326 e. The van der Waals surface area contributed by atoms with Crippen molar-refractivity contribution < 1.29 is 4.79 Å². The number of rotatable bonds is 5. The molecule has 124 valence electrons. The Kier molecular flexibility index (Phi) is 4.76. The number of H-pyrrole nitrogens is 2. The monoisotopic (exact) mass is 341 g/mol. The number of carbonyl (C=O) groups excluding carboxylic acids is 1. The predicted octanol–water partition coefficient (Wildman–Crippen LogP) is 3.59. The molecular weight excluding hydrogens is 322 g/mol. The molecule has 1 aromatic heterocycles. The van der Waals surface area contributed by atoms with E-state index in [9.17, 15) is 9.59 Å². The normalized spacial score (nSPS) is 10.9. The lowest BCUT2D eigenvalue weighted by Crippen LogP contribution is -2.12. The van der Waals surface area contributed by atoms with Gasteiger partial charge in [-0.25, -0.2) is 4.79 Å². The number of carbonyl (C=O) groups is 1. The van der Waals surface area contributed by atoms with E-state index < -0.39 is 0 Å². The molecule has 0 saturated carbocycles. The zero-order valence-electron chi connectivity index (χ0n) is 13.6. The number of thioether (sulfide) groups is 1. The van der Waals surface area contributed by atoms with Crippen molar-refractivity contribution in [3.63, 3.8) is 0 Å². The summed E-state index contributed by atoms with van der Waals surface area (Å²) in [6, 6.07) is 11.6. The van der Waals surface area contributed by atoms with E-state index in [1.54, 1.807) is 30.0 Å². The number of imidazole rings is 1. The third-order valence-corrected chi connectivity index (χ3v) is 4.87. The van der Waals surface area contributed by atoms with Crippen LogP contribution in [0.1, 0.15) is 17.5 Å². The first-order valence-electron chi connectivity index (χ1n) is 7.73. The molecule has 0 atom stereocenters. The third-order valence-electron chi connectivity index (χ3n) is 3.88. The van der Waals surface area contributed by atoms with Crippen molar-refractivity contribution in [1.82, 2.24) is 9.97 Å². The number of aromatic amines is 2. The number of aromatic nitrogens is 2. The molecule has 3 aromatic rings. The Morgan fingerprint density at radius 2 is 1.83 bits per heavy atom. The van der Waals surface area contributed by atoms with Gasteiger partial charge >= 0.3 is 5.69 Å². The molecule has 0 saturated heterocycles. The molecular formula is C18H19N3O2S. The number of hydrogen-bond acceptors (Lipinski definition) is 3. The molecule has 1 heterocycles. The first-order valence-corrected chi connectivity index (χ1v) is 8.72. The van der Waals surface area contributed by atoms with Gasteiger partial charge in [-0.2, -0.15) is 0 Å². The molecule has 3 rings (SSSR count). The maximum Gasteiger partial charge on any atom is 0.323 e. The smallest absolute Gasteiger partial charge is 0.323 e. The van der Waals surface area contributed by atoms with E-state index in [1.165, 1.54) is 16.0 Å². The summed E-state index contributed by atoms with van der Waals surface area (Å²) >= 11 is 1.67. The quantitative estimate of drug-likeness (QED) is 0.621. The summed E-state index contributed by atoms with van der Waals surface area (Å²) in [6.07, 6.45) is 0.430. The van der Waals surface area contributed by atoms with Crippen LogP contribution in [0.15, 0.2) is 46.1 Å². The van der Waals surface area contributed by atoms with Gasteiger partial charge in [-0.1, -0.05) is 6.07 Å². The van der Waals surface area contributed by atoms with Crippen LogP contribution in [0.2, 0.25) is 0 Å². The fraction of sp³-hybridized carbons (Fsp3) is 0.222. The van der Waals surface area contributed by atoms with E-state index in [0.717, 1.165) is 11.3 Å². The van der Waals surface area contributed by atoms with Gasteiger partial charge in [-0.15, -0.1) is 11.8 Å². The Hall–Kier alpha value is -2.47. The van der Waals surface area contributed by atoms with Crippen LogP contribution < -0.4 is 11.0 Å². The Balaban J connectivity index is 1.54. The van der Waals surface area contributed by atoms with Gasteiger partial charge in [0.1, 0.15) is 0 Å². The lowest BCUT2D eigenvalue weighted by atomic mass is 10.1. The fourth-order valence-corrected chi connectivity index (χ4v) is 3.35. The zero-order chi connectivity index (χ0) is 17.1. The summed E-state index contributed by atoms with van der Waals surface area (Å²) in [5.41, 5.74) is 4.37. The lowest BCUT2D eigenvalue weighted by molar-refractivity contribution is -0.115. The first kappa shape index (κ1) is 16.4. The number of amides is 1. The van der Waals surface area contributed by atoms with Gasteiger partial charge in [-0.05, 0) is 55.3 Å². The summed E-state index contributed by atoms with van der Waals surface area (Å²) in [5, 5.41) is 2.86. The van der Waals surface area contributed by atoms with Crippen LogP contribution in [0.3, 0.4) is 0 Å². The molecule has 2 aromatic carbocycles. The van der Waals surface area contributed by atoms with Crippen LogP contribution in [0.25, 0.3) is 11.0 Å². The molecule has 0 spiro atoms. The van der Waals surface area contributed by atoms with Crippen molar-refractivity contribution in [1.29, 1.82) is 0 Å². The summed E-state index contributed by atoms with van der Waals surface area (Å²) < 4.78 is 0. The van der Waals surface area contributed by atoms with Gasteiger partial charge in [0.2, 0.25) is 5.91 Å². The maximum absolute atomic E-state index is 12.1. The van der Waals surface area contributed by atoms with Crippen LogP contribution >= 0.6 is 11.8 Å². The molecule has 0 fully saturated rings. The molecule has 3 N–H and O–H groups in total. The van der Waals surface area contributed by atoms with Crippen LogP contribution in [0.4, 0.5) is 5.69 Å². The average Bonchev–Trinajstić information content (AvgIpc) is 2.90. The fourth-order valence-electron chi connectivity index (χ4n) is 2.40. The minimum Gasteiger partial charge on any atom is -0.326 e. The Labute approximate surface area is 143 Å². The summed E-state index contributed by atoms with van der Waals surface area (Å²) in [6.45, 7) is 4.18. The molecule has 0 radical (unpaired) electrons. The van der Waals surface area contributed by atoms with Crippen molar-refractivity contribution in [2.24, 2.45) is 0 Å². The second-order valence-electron chi connectivity index (χ2n) is 5.73. The van der Waals surface area contributed by atoms with Crippen LogP contribution in [0, 0.1) is 13.8 Å². The van der Waals surface area contributed by atoms with E-state index in [4.69, 9.17) is 0 Å². The first-order chi connectivity index (χ1) is 11.5. The summed E-state index contributed by atoms with van der Waals surface area (Å²) in [5.74, 6) is 0.681. The zero-order valence-corrected chi connectivity index (χ0v) is 14.4.